The maximum Gasteiger partial charge on any atom is 0.0900 e. The summed E-state index contributed by atoms with van der Waals surface area (Å²) in [7, 11) is 2.16. The van der Waals surface area contributed by atoms with Gasteiger partial charge in [0.2, 0.25) is 0 Å². The van der Waals surface area contributed by atoms with Crippen molar-refractivity contribution in [1.82, 2.24) is 9.80 Å². The Hall–Kier alpha value is -0.160. The molecule has 0 aromatic rings. The van der Waals surface area contributed by atoms with E-state index in [2.05, 4.69) is 37.6 Å². The number of rotatable bonds is 5. The van der Waals surface area contributed by atoms with E-state index in [-0.39, 0.29) is 6.10 Å². The molecule has 4 nitrogen and oxygen atoms in total. The summed E-state index contributed by atoms with van der Waals surface area (Å²) in [6.45, 7) is 12.6. The van der Waals surface area contributed by atoms with Gasteiger partial charge in [0.15, 0.2) is 0 Å². The number of piperazine rings is 1. The van der Waals surface area contributed by atoms with Crippen LogP contribution in [0.2, 0.25) is 0 Å². The first-order chi connectivity index (χ1) is 10.3. The highest BCUT2D eigenvalue weighted by molar-refractivity contribution is 4.81. The molecule has 0 amide bonds. The van der Waals surface area contributed by atoms with E-state index in [9.17, 15) is 5.11 Å². The van der Waals surface area contributed by atoms with Crippen LogP contribution < -0.4 is 0 Å². The van der Waals surface area contributed by atoms with E-state index in [0.717, 1.165) is 51.5 Å². The largest absolute Gasteiger partial charge is 0.389 e. The minimum absolute atomic E-state index is 0.321. The first kappa shape index (κ1) is 18.2. The summed E-state index contributed by atoms with van der Waals surface area (Å²) in [5.74, 6) is 0.791. The molecule has 130 valence electrons. The summed E-state index contributed by atoms with van der Waals surface area (Å²) in [5.41, 5.74) is 0.364. The van der Waals surface area contributed by atoms with Gasteiger partial charge < -0.3 is 14.7 Å². The Balaban J connectivity index is 1.70. The summed E-state index contributed by atoms with van der Waals surface area (Å²) < 4.78 is 6.08. The molecule has 0 bridgehead atoms. The minimum atomic E-state index is -0.354. The normalized spacial score (nSPS) is 32.6. The number of hydrogen-bond donors (Lipinski definition) is 1. The molecule has 1 heterocycles. The molecule has 1 saturated heterocycles. The zero-order valence-corrected chi connectivity index (χ0v) is 15.1. The monoisotopic (exact) mass is 312 g/mol. The summed E-state index contributed by atoms with van der Waals surface area (Å²) in [6.07, 6.45) is 4.78. The standard InChI is InChI=1S/C18H36N2O2/c1-15-5-6-17(12-18(2,3)11-15)22-14-16(21)13-20-9-7-19(4)8-10-20/h15-17,21H,5-14H2,1-4H3. The third kappa shape index (κ3) is 6.15. The highest BCUT2D eigenvalue weighted by Gasteiger charge is 2.30. The van der Waals surface area contributed by atoms with Gasteiger partial charge in [0, 0.05) is 32.7 Å². The number of likely N-dealkylation sites (N-methyl/N-ethyl adjacent to an activating group) is 1. The van der Waals surface area contributed by atoms with E-state index in [1.807, 2.05) is 0 Å². The van der Waals surface area contributed by atoms with E-state index in [1.165, 1.54) is 12.8 Å². The van der Waals surface area contributed by atoms with Gasteiger partial charge in [-0.25, -0.2) is 0 Å². The summed E-state index contributed by atoms with van der Waals surface area (Å²) in [4.78, 5) is 4.70. The van der Waals surface area contributed by atoms with Gasteiger partial charge in [-0.3, -0.25) is 4.90 Å². The molecule has 0 spiro atoms. The number of aliphatic hydroxyl groups is 1. The molecule has 4 heteroatoms. The second-order valence-electron chi connectivity index (χ2n) is 8.47. The summed E-state index contributed by atoms with van der Waals surface area (Å²) in [5, 5.41) is 10.3. The SMILES string of the molecule is CC1CCC(OCC(O)CN2CCN(C)CC2)CC(C)(C)C1. The molecule has 3 atom stereocenters. The Morgan fingerprint density at radius 1 is 1.14 bits per heavy atom. The van der Waals surface area contributed by atoms with Gasteiger partial charge in [0.1, 0.15) is 0 Å². The van der Waals surface area contributed by atoms with Gasteiger partial charge in [-0.15, -0.1) is 0 Å². The maximum atomic E-state index is 10.3. The Kier molecular flexibility index (Phi) is 6.69. The number of nitrogens with zero attached hydrogens (tertiary/aromatic N) is 2. The van der Waals surface area contributed by atoms with Crippen molar-refractivity contribution >= 4 is 0 Å². The van der Waals surface area contributed by atoms with Crippen LogP contribution in [0.3, 0.4) is 0 Å². The maximum absolute atomic E-state index is 10.3. The minimum Gasteiger partial charge on any atom is -0.389 e. The van der Waals surface area contributed by atoms with Gasteiger partial charge >= 0.3 is 0 Å². The van der Waals surface area contributed by atoms with Crippen LogP contribution in [-0.4, -0.2) is 73.5 Å². The molecule has 22 heavy (non-hydrogen) atoms. The van der Waals surface area contributed by atoms with Crippen molar-refractivity contribution in [3.63, 3.8) is 0 Å². The van der Waals surface area contributed by atoms with Gasteiger partial charge in [-0.1, -0.05) is 20.8 Å². The van der Waals surface area contributed by atoms with Crippen molar-refractivity contribution in [2.75, 3.05) is 46.4 Å². The van der Waals surface area contributed by atoms with Gasteiger partial charge in [0.25, 0.3) is 0 Å². The first-order valence-electron chi connectivity index (χ1n) is 9.04. The molecule has 2 rings (SSSR count). The van der Waals surface area contributed by atoms with Crippen molar-refractivity contribution in [2.45, 2.75) is 58.7 Å². The Bertz CT molecular complexity index is 327. The van der Waals surface area contributed by atoms with Crippen molar-refractivity contribution in [3.05, 3.63) is 0 Å². The molecule has 3 unspecified atom stereocenters. The molecule has 1 saturated carbocycles. The molecule has 1 N–H and O–H groups in total. The zero-order valence-electron chi connectivity index (χ0n) is 15.1. The predicted molar refractivity (Wildman–Crippen MR) is 91.1 cm³/mol. The Morgan fingerprint density at radius 3 is 2.50 bits per heavy atom. The van der Waals surface area contributed by atoms with E-state index < -0.39 is 0 Å². The van der Waals surface area contributed by atoms with Crippen LogP contribution in [-0.2, 0) is 4.74 Å². The number of β-amino-alcohol motifs (C(OH)–C–C–N with tert-alkyl or cyclic N) is 1. The fraction of sp³-hybridized carbons (Fsp3) is 1.00. The van der Waals surface area contributed by atoms with E-state index in [0.29, 0.717) is 18.1 Å². The van der Waals surface area contributed by atoms with Crippen LogP contribution in [0.15, 0.2) is 0 Å². The van der Waals surface area contributed by atoms with Crippen LogP contribution in [0, 0.1) is 11.3 Å². The fourth-order valence-corrected chi connectivity index (χ4v) is 4.09. The predicted octanol–water partition coefficient (Wildman–Crippen LogP) is 2.22. The quantitative estimate of drug-likeness (QED) is 0.790. The molecule has 0 aromatic carbocycles. The van der Waals surface area contributed by atoms with Crippen LogP contribution in [0.25, 0.3) is 0 Å². The highest BCUT2D eigenvalue weighted by atomic mass is 16.5. The number of hydrogen-bond acceptors (Lipinski definition) is 4. The fourth-order valence-electron chi connectivity index (χ4n) is 4.09. The zero-order chi connectivity index (χ0) is 16.2. The second kappa shape index (κ2) is 8.09. The average molecular weight is 312 g/mol. The topological polar surface area (TPSA) is 35.9 Å². The first-order valence-corrected chi connectivity index (χ1v) is 9.04. The molecule has 2 aliphatic rings. The van der Waals surface area contributed by atoms with E-state index in [4.69, 9.17) is 4.74 Å². The lowest BCUT2D eigenvalue weighted by Crippen LogP contribution is -2.47. The van der Waals surface area contributed by atoms with Crippen LogP contribution in [0.1, 0.15) is 46.5 Å². The smallest absolute Gasteiger partial charge is 0.0900 e. The Morgan fingerprint density at radius 2 is 1.82 bits per heavy atom. The lowest BCUT2D eigenvalue weighted by molar-refractivity contribution is -0.0382. The molecule has 2 fully saturated rings. The van der Waals surface area contributed by atoms with Gasteiger partial charge in [0.05, 0.1) is 18.8 Å². The summed E-state index contributed by atoms with van der Waals surface area (Å²) >= 11 is 0. The Labute approximate surface area is 136 Å². The second-order valence-corrected chi connectivity index (χ2v) is 8.47. The molecular weight excluding hydrogens is 276 g/mol. The number of aliphatic hydroxyl groups excluding tert-OH is 1. The van der Waals surface area contributed by atoms with Crippen molar-refractivity contribution in [1.29, 1.82) is 0 Å². The van der Waals surface area contributed by atoms with Crippen LogP contribution in [0.5, 0.6) is 0 Å². The summed E-state index contributed by atoms with van der Waals surface area (Å²) in [6, 6.07) is 0. The van der Waals surface area contributed by atoms with Gasteiger partial charge in [-0.05, 0) is 44.1 Å². The third-order valence-corrected chi connectivity index (χ3v) is 5.25. The number of ether oxygens (including phenoxy) is 1. The average Bonchev–Trinajstić information content (AvgIpc) is 2.56. The molecular formula is C18H36N2O2. The lowest BCUT2D eigenvalue weighted by atomic mass is 9.81. The third-order valence-electron chi connectivity index (χ3n) is 5.25. The van der Waals surface area contributed by atoms with Crippen LogP contribution in [0.4, 0.5) is 0 Å². The van der Waals surface area contributed by atoms with E-state index >= 15 is 0 Å². The highest BCUT2D eigenvalue weighted by Crippen LogP contribution is 2.37. The lowest BCUT2D eigenvalue weighted by Gasteiger charge is -2.34. The van der Waals surface area contributed by atoms with Crippen molar-refractivity contribution in [3.8, 4) is 0 Å². The molecule has 1 aliphatic carbocycles. The van der Waals surface area contributed by atoms with Gasteiger partial charge in [-0.2, -0.15) is 0 Å². The molecule has 0 radical (unpaired) electrons. The van der Waals surface area contributed by atoms with Crippen molar-refractivity contribution in [2.24, 2.45) is 11.3 Å². The molecule has 0 aromatic heterocycles. The van der Waals surface area contributed by atoms with Crippen LogP contribution >= 0.6 is 0 Å². The molecule has 1 aliphatic heterocycles. The van der Waals surface area contributed by atoms with Crippen molar-refractivity contribution < 1.29 is 9.84 Å². The van der Waals surface area contributed by atoms with E-state index in [1.54, 1.807) is 0 Å².